The standard InChI is InChI=1S/C15H13NO3/c1-10-2-7-14(18)13(8-10)15(19)16-12-5-3-11(9-17)4-6-12/h2-9,18H,1H3,(H,16,19). The summed E-state index contributed by atoms with van der Waals surface area (Å²) in [5.41, 5.74) is 2.21. The fourth-order valence-electron chi connectivity index (χ4n) is 1.68. The van der Waals surface area contributed by atoms with Gasteiger partial charge in [0.25, 0.3) is 5.91 Å². The van der Waals surface area contributed by atoms with Crippen LogP contribution in [0.2, 0.25) is 0 Å². The van der Waals surface area contributed by atoms with Crippen molar-refractivity contribution in [2.45, 2.75) is 6.92 Å². The smallest absolute Gasteiger partial charge is 0.259 e. The molecule has 0 aliphatic carbocycles. The summed E-state index contributed by atoms with van der Waals surface area (Å²) in [4.78, 5) is 22.5. The van der Waals surface area contributed by atoms with Crippen molar-refractivity contribution in [3.63, 3.8) is 0 Å². The molecular weight excluding hydrogens is 242 g/mol. The van der Waals surface area contributed by atoms with Crippen molar-refractivity contribution < 1.29 is 14.7 Å². The van der Waals surface area contributed by atoms with Gasteiger partial charge in [-0.05, 0) is 43.3 Å². The number of benzene rings is 2. The zero-order valence-electron chi connectivity index (χ0n) is 10.4. The molecule has 96 valence electrons. The molecule has 0 atom stereocenters. The zero-order valence-corrected chi connectivity index (χ0v) is 10.4. The van der Waals surface area contributed by atoms with Gasteiger partial charge < -0.3 is 10.4 Å². The van der Waals surface area contributed by atoms with Crippen LogP contribution in [0.5, 0.6) is 5.75 Å². The summed E-state index contributed by atoms with van der Waals surface area (Å²) >= 11 is 0. The normalized spacial score (nSPS) is 9.95. The first-order chi connectivity index (χ1) is 9.10. The van der Waals surface area contributed by atoms with Gasteiger partial charge in [-0.1, -0.05) is 11.6 Å². The van der Waals surface area contributed by atoms with Crippen LogP contribution < -0.4 is 5.32 Å². The van der Waals surface area contributed by atoms with Gasteiger partial charge in [0.2, 0.25) is 0 Å². The van der Waals surface area contributed by atoms with E-state index in [1.54, 1.807) is 36.4 Å². The fourth-order valence-corrected chi connectivity index (χ4v) is 1.68. The Balaban J connectivity index is 2.20. The molecule has 4 heteroatoms. The molecule has 19 heavy (non-hydrogen) atoms. The molecule has 0 saturated carbocycles. The Morgan fingerprint density at radius 3 is 2.47 bits per heavy atom. The van der Waals surface area contributed by atoms with Gasteiger partial charge >= 0.3 is 0 Å². The fraction of sp³-hybridized carbons (Fsp3) is 0.0667. The van der Waals surface area contributed by atoms with Crippen LogP contribution in [0.15, 0.2) is 42.5 Å². The van der Waals surface area contributed by atoms with Gasteiger partial charge in [0.15, 0.2) is 0 Å². The van der Waals surface area contributed by atoms with Crippen molar-refractivity contribution in [3.8, 4) is 5.75 Å². The van der Waals surface area contributed by atoms with Crippen LogP contribution in [0, 0.1) is 6.92 Å². The molecule has 0 unspecified atom stereocenters. The predicted molar refractivity (Wildman–Crippen MR) is 72.6 cm³/mol. The van der Waals surface area contributed by atoms with Gasteiger partial charge in [-0.15, -0.1) is 0 Å². The summed E-state index contributed by atoms with van der Waals surface area (Å²) < 4.78 is 0. The van der Waals surface area contributed by atoms with E-state index in [2.05, 4.69) is 5.32 Å². The number of nitrogens with one attached hydrogen (secondary N) is 1. The number of phenols is 1. The van der Waals surface area contributed by atoms with Crippen molar-refractivity contribution in [2.75, 3.05) is 5.32 Å². The monoisotopic (exact) mass is 255 g/mol. The van der Waals surface area contributed by atoms with Crippen molar-refractivity contribution in [2.24, 2.45) is 0 Å². The Kier molecular flexibility index (Phi) is 3.61. The Morgan fingerprint density at radius 2 is 1.84 bits per heavy atom. The van der Waals surface area contributed by atoms with Gasteiger partial charge in [-0.3, -0.25) is 9.59 Å². The van der Waals surface area contributed by atoms with Gasteiger partial charge in [0.1, 0.15) is 12.0 Å². The van der Waals surface area contributed by atoms with Crippen molar-refractivity contribution in [1.29, 1.82) is 0 Å². The predicted octanol–water partition coefficient (Wildman–Crippen LogP) is 2.77. The summed E-state index contributed by atoms with van der Waals surface area (Å²) in [6, 6.07) is 11.3. The highest BCUT2D eigenvalue weighted by Crippen LogP contribution is 2.20. The maximum Gasteiger partial charge on any atom is 0.259 e. The highest BCUT2D eigenvalue weighted by molar-refractivity contribution is 6.06. The van der Waals surface area contributed by atoms with E-state index in [0.717, 1.165) is 11.8 Å². The van der Waals surface area contributed by atoms with Gasteiger partial charge in [0.05, 0.1) is 5.56 Å². The molecule has 1 amide bonds. The van der Waals surface area contributed by atoms with E-state index in [4.69, 9.17) is 0 Å². The number of hydrogen-bond acceptors (Lipinski definition) is 3. The van der Waals surface area contributed by atoms with Crippen LogP contribution in [0.1, 0.15) is 26.3 Å². The first kappa shape index (κ1) is 12.8. The number of hydrogen-bond donors (Lipinski definition) is 2. The first-order valence-corrected chi connectivity index (χ1v) is 5.76. The molecule has 2 aromatic rings. The second kappa shape index (κ2) is 5.35. The largest absolute Gasteiger partial charge is 0.507 e. The average Bonchev–Trinajstić information content (AvgIpc) is 2.42. The Hall–Kier alpha value is -2.62. The van der Waals surface area contributed by atoms with E-state index in [9.17, 15) is 14.7 Å². The quantitative estimate of drug-likeness (QED) is 0.829. The first-order valence-electron chi connectivity index (χ1n) is 5.76. The molecule has 0 saturated heterocycles. The lowest BCUT2D eigenvalue weighted by molar-refractivity contribution is 0.102. The second-order valence-electron chi connectivity index (χ2n) is 4.21. The lowest BCUT2D eigenvalue weighted by atomic mass is 10.1. The number of anilines is 1. The van der Waals surface area contributed by atoms with Crippen LogP contribution in [0.3, 0.4) is 0 Å². The minimum atomic E-state index is -0.389. The van der Waals surface area contributed by atoms with Crippen molar-refractivity contribution in [1.82, 2.24) is 0 Å². The molecule has 0 radical (unpaired) electrons. The number of carbonyl (C=O) groups is 2. The topological polar surface area (TPSA) is 66.4 Å². The van der Waals surface area contributed by atoms with Crippen molar-refractivity contribution in [3.05, 3.63) is 59.2 Å². The molecule has 0 fully saturated rings. The van der Waals surface area contributed by atoms with Crippen LogP contribution in [-0.2, 0) is 0 Å². The molecule has 0 aliphatic rings. The minimum absolute atomic E-state index is 0.0624. The molecule has 4 nitrogen and oxygen atoms in total. The Labute approximate surface area is 110 Å². The van der Waals surface area contributed by atoms with Gasteiger partial charge in [0, 0.05) is 11.3 Å². The molecule has 0 bridgehead atoms. The number of aromatic hydroxyl groups is 1. The molecule has 0 heterocycles. The third-order valence-electron chi connectivity index (χ3n) is 2.70. The highest BCUT2D eigenvalue weighted by Gasteiger charge is 2.11. The van der Waals surface area contributed by atoms with E-state index in [1.807, 2.05) is 6.92 Å². The Morgan fingerprint density at radius 1 is 1.16 bits per heavy atom. The van der Waals surface area contributed by atoms with Crippen LogP contribution in [0.25, 0.3) is 0 Å². The highest BCUT2D eigenvalue weighted by atomic mass is 16.3. The summed E-state index contributed by atoms with van der Waals surface area (Å²) in [5.74, 6) is -0.451. The van der Waals surface area contributed by atoms with Crippen LogP contribution in [0.4, 0.5) is 5.69 Å². The zero-order chi connectivity index (χ0) is 13.8. The van der Waals surface area contributed by atoms with Gasteiger partial charge in [-0.2, -0.15) is 0 Å². The van der Waals surface area contributed by atoms with Crippen molar-refractivity contribution >= 4 is 17.9 Å². The Bertz CT molecular complexity index is 618. The minimum Gasteiger partial charge on any atom is -0.507 e. The second-order valence-corrected chi connectivity index (χ2v) is 4.21. The maximum atomic E-state index is 12.0. The summed E-state index contributed by atoms with van der Waals surface area (Å²) in [6.07, 6.45) is 0.734. The molecule has 0 spiro atoms. The average molecular weight is 255 g/mol. The number of phenolic OH excluding ortho intramolecular Hbond substituents is 1. The summed E-state index contributed by atoms with van der Waals surface area (Å²) in [7, 11) is 0. The van der Waals surface area contributed by atoms with E-state index in [-0.39, 0.29) is 17.2 Å². The third-order valence-corrected chi connectivity index (χ3v) is 2.70. The number of amides is 1. The number of rotatable bonds is 3. The SMILES string of the molecule is Cc1ccc(O)c(C(=O)Nc2ccc(C=O)cc2)c1. The van der Waals surface area contributed by atoms with E-state index < -0.39 is 0 Å². The number of aldehydes is 1. The molecule has 0 aromatic heterocycles. The van der Waals surface area contributed by atoms with E-state index in [0.29, 0.717) is 11.3 Å². The van der Waals surface area contributed by atoms with E-state index >= 15 is 0 Å². The van der Waals surface area contributed by atoms with Crippen LogP contribution >= 0.6 is 0 Å². The number of aryl methyl sites for hydroxylation is 1. The lowest BCUT2D eigenvalue weighted by Gasteiger charge is -2.07. The molecule has 2 rings (SSSR count). The number of carbonyl (C=O) groups excluding carboxylic acids is 2. The third kappa shape index (κ3) is 2.98. The van der Waals surface area contributed by atoms with Gasteiger partial charge in [-0.25, -0.2) is 0 Å². The molecule has 0 aliphatic heterocycles. The molecule has 2 N–H and O–H groups in total. The maximum absolute atomic E-state index is 12.0. The van der Waals surface area contributed by atoms with Crippen LogP contribution in [-0.4, -0.2) is 17.3 Å². The summed E-state index contributed by atoms with van der Waals surface area (Å²) in [5, 5.41) is 12.3. The van der Waals surface area contributed by atoms with E-state index in [1.165, 1.54) is 6.07 Å². The molecule has 2 aromatic carbocycles. The summed E-state index contributed by atoms with van der Waals surface area (Å²) in [6.45, 7) is 1.84. The molecular formula is C15H13NO3. The lowest BCUT2D eigenvalue weighted by Crippen LogP contribution is -2.12.